The van der Waals surface area contributed by atoms with Gasteiger partial charge in [0.2, 0.25) is 0 Å². The molecule has 0 bridgehead atoms. The minimum absolute atomic E-state index is 0.184. The average Bonchev–Trinajstić information content (AvgIpc) is 2.46. The monoisotopic (exact) mass is 306 g/mol. The van der Waals surface area contributed by atoms with Gasteiger partial charge in [0.1, 0.15) is 0 Å². The van der Waals surface area contributed by atoms with Gasteiger partial charge in [-0.3, -0.25) is 0 Å². The summed E-state index contributed by atoms with van der Waals surface area (Å²) in [4.78, 5) is 24.3. The maximum atomic E-state index is 12.3. The summed E-state index contributed by atoms with van der Waals surface area (Å²) >= 11 is 0. The number of carbonyl (C=O) groups excluding carboxylic acids is 2. The second-order valence-electron chi connectivity index (χ2n) is 5.88. The van der Waals surface area contributed by atoms with Gasteiger partial charge < -0.3 is 9.47 Å². The van der Waals surface area contributed by atoms with Crippen molar-refractivity contribution in [3.8, 4) is 0 Å². The normalized spacial score (nSPS) is 12.0. The molecule has 0 aliphatic heterocycles. The van der Waals surface area contributed by atoms with E-state index < -0.39 is 11.9 Å². The molecule has 0 radical (unpaired) electrons. The van der Waals surface area contributed by atoms with Crippen LogP contribution in [0.4, 0.5) is 0 Å². The van der Waals surface area contributed by atoms with Crippen LogP contribution < -0.4 is 0 Å². The average molecular weight is 306 g/mol. The Hall–Kier alpha value is -1.84. The molecule has 0 aliphatic carbocycles. The van der Waals surface area contributed by atoms with E-state index in [1.165, 1.54) is 0 Å². The highest BCUT2D eigenvalue weighted by Gasteiger charge is 2.20. The van der Waals surface area contributed by atoms with E-state index in [2.05, 4.69) is 13.8 Å². The molecule has 1 unspecified atom stereocenters. The van der Waals surface area contributed by atoms with Crippen LogP contribution in [0.15, 0.2) is 24.3 Å². The summed E-state index contributed by atoms with van der Waals surface area (Å²) in [6.07, 6.45) is 2.36. The minimum atomic E-state index is -0.476. The number of unbranched alkanes of at least 4 members (excludes halogenated alkanes) is 1. The van der Waals surface area contributed by atoms with E-state index in [4.69, 9.17) is 9.47 Å². The van der Waals surface area contributed by atoms with Crippen molar-refractivity contribution in [2.45, 2.75) is 53.1 Å². The van der Waals surface area contributed by atoms with Crippen molar-refractivity contribution in [2.24, 2.45) is 5.92 Å². The van der Waals surface area contributed by atoms with E-state index in [1.54, 1.807) is 24.3 Å². The Balaban J connectivity index is 2.77. The fourth-order valence-electron chi connectivity index (χ4n) is 2.18. The van der Waals surface area contributed by atoms with Gasteiger partial charge >= 0.3 is 11.9 Å². The fourth-order valence-corrected chi connectivity index (χ4v) is 2.18. The van der Waals surface area contributed by atoms with Gasteiger partial charge in [0.25, 0.3) is 0 Å². The lowest BCUT2D eigenvalue weighted by molar-refractivity contribution is 0.0288. The summed E-state index contributed by atoms with van der Waals surface area (Å²) in [5, 5.41) is 0. The van der Waals surface area contributed by atoms with Crippen molar-refractivity contribution in [3.63, 3.8) is 0 Å². The Labute approximate surface area is 132 Å². The van der Waals surface area contributed by atoms with Crippen LogP contribution in [0.3, 0.4) is 0 Å². The van der Waals surface area contributed by atoms with Gasteiger partial charge in [0, 0.05) is 0 Å². The third kappa shape index (κ3) is 5.88. The number of ether oxygens (including phenoxy) is 2. The summed E-state index contributed by atoms with van der Waals surface area (Å²) in [5.74, 6) is -0.509. The van der Waals surface area contributed by atoms with Gasteiger partial charge in [-0.2, -0.15) is 0 Å². The molecule has 122 valence electrons. The second kappa shape index (κ2) is 9.23. The molecule has 0 saturated carbocycles. The van der Waals surface area contributed by atoms with Gasteiger partial charge in [-0.05, 0) is 37.8 Å². The zero-order chi connectivity index (χ0) is 16.5. The molecule has 1 aromatic carbocycles. The highest BCUT2D eigenvalue weighted by Crippen LogP contribution is 2.15. The fraction of sp³-hybridized carbons (Fsp3) is 0.556. The molecule has 4 nitrogen and oxygen atoms in total. The maximum Gasteiger partial charge on any atom is 0.339 e. The van der Waals surface area contributed by atoms with Crippen molar-refractivity contribution >= 4 is 11.9 Å². The Morgan fingerprint density at radius 3 is 2.18 bits per heavy atom. The van der Waals surface area contributed by atoms with Crippen LogP contribution in [0.2, 0.25) is 0 Å². The van der Waals surface area contributed by atoms with E-state index >= 15 is 0 Å². The zero-order valence-corrected chi connectivity index (χ0v) is 13.9. The first-order valence-electron chi connectivity index (χ1n) is 7.92. The van der Waals surface area contributed by atoms with Crippen molar-refractivity contribution in [1.82, 2.24) is 0 Å². The number of carbonyl (C=O) groups is 2. The first-order valence-corrected chi connectivity index (χ1v) is 7.92. The first-order chi connectivity index (χ1) is 10.5. The molecule has 22 heavy (non-hydrogen) atoms. The lowest BCUT2D eigenvalue weighted by Gasteiger charge is -2.16. The smallest absolute Gasteiger partial charge is 0.339 e. The molecule has 1 rings (SSSR count). The third-order valence-electron chi connectivity index (χ3n) is 3.21. The molecule has 1 atom stereocenters. The van der Waals surface area contributed by atoms with Crippen LogP contribution in [0.1, 0.15) is 67.7 Å². The Morgan fingerprint density at radius 1 is 1.05 bits per heavy atom. The van der Waals surface area contributed by atoms with Gasteiger partial charge in [0.05, 0.1) is 23.8 Å². The molecule has 0 amide bonds. The standard InChI is InChI=1S/C18H26O4/c1-5-6-11-21-17(19)15-9-7-8-10-16(15)18(20)22-14(4)12-13(2)3/h7-10,13-14H,5-6,11-12H2,1-4H3. The van der Waals surface area contributed by atoms with Crippen molar-refractivity contribution in [2.75, 3.05) is 6.61 Å². The Kier molecular flexibility index (Phi) is 7.64. The van der Waals surface area contributed by atoms with Crippen molar-refractivity contribution < 1.29 is 19.1 Å². The molecule has 0 N–H and O–H groups in total. The first kappa shape index (κ1) is 18.2. The van der Waals surface area contributed by atoms with Crippen LogP contribution in [0.5, 0.6) is 0 Å². The predicted molar refractivity (Wildman–Crippen MR) is 86.0 cm³/mol. The lowest BCUT2D eigenvalue weighted by Crippen LogP contribution is -2.20. The summed E-state index contributed by atoms with van der Waals surface area (Å²) in [6.45, 7) is 8.39. The molecule has 0 heterocycles. The van der Waals surface area contributed by atoms with Crippen LogP contribution >= 0.6 is 0 Å². The van der Waals surface area contributed by atoms with Crippen LogP contribution in [0, 0.1) is 5.92 Å². The summed E-state index contributed by atoms with van der Waals surface area (Å²) in [7, 11) is 0. The third-order valence-corrected chi connectivity index (χ3v) is 3.21. The van der Waals surface area contributed by atoms with E-state index in [0.29, 0.717) is 12.5 Å². The summed E-state index contributed by atoms with van der Waals surface area (Å²) in [5.41, 5.74) is 0.528. The molecule has 0 spiro atoms. The highest BCUT2D eigenvalue weighted by atomic mass is 16.5. The Bertz CT molecular complexity index is 494. The minimum Gasteiger partial charge on any atom is -0.462 e. The topological polar surface area (TPSA) is 52.6 Å². The van der Waals surface area contributed by atoms with Crippen LogP contribution in [0.25, 0.3) is 0 Å². The van der Waals surface area contributed by atoms with Gasteiger partial charge in [-0.25, -0.2) is 9.59 Å². The number of benzene rings is 1. The molecule has 0 aromatic heterocycles. The van der Waals surface area contributed by atoms with E-state index in [9.17, 15) is 9.59 Å². The van der Waals surface area contributed by atoms with Crippen LogP contribution in [-0.2, 0) is 9.47 Å². The van der Waals surface area contributed by atoms with Gasteiger partial charge in [-0.1, -0.05) is 39.3 Å². The molecule has 0 fully saturated rings. The lowest BCUT2D eigenvalue weighted by atomic mass is 10.1. The van der Waals surface area contributed by atoms with Gasteiger partial charge in [0.15, 0.2) is 0 Å². The van der Waals surface area contributed by atoms with E-state index in [1.807, 2.05) is 13.8 Å². The second-order valence-corrected chi connectivity index (χ2v) is 5.88. The molecular weight excluding hydrogens is 280 g/mol. The SMILES string of the molecule is CCCCOC(=O)c1ccccc1C(=O)OC(C)CC(C)C. The number of esters is 2. The van der Waals surface area contributed by atoms with Crippen LogP contribution in [-0.4, -0.2) is 24.6 Å². The molecule has 1 aromatic rings. The van der Waals surface area contributed by atoms with E-state index in [-0.39, 0.29) is 17.2 Å². The van der Waals surface area contributed by atoms with Gasteiger partial charge in [-0.15, -0.1) is 0 Å². The summed E-state index contributed by atoms with van der Waals surface area (Å²) < 4.78 is 10.6. The number of hydrogen-bond donors (Lipinski definition) is 0. The molecular formula is C18H26O4. The largest absolute Gasteiger partial charge is 0.462 e. The van der Waals surface area contributed by atoms with E-state index in [0.717, 1.165) is 19.3 Å². The number of rotatable bonds is 8. The molecule has 0 saturated heterocycles. The zero-order valence-electron chi connectivity index (χ0n) is 13.9. The number of hydrogen-bond acceptors (Lipinski definition) is 4. The van der Waals surface area contributed by atoms with Crippen molar-refractivity contribution in [1.29, 1.82) is 0 Å². The maximum absolute atomic E-state index is 12.3. The summed E-state index contributed by atoms with van der Waals surface area (Å²) in [6, 6.07) is 6.62. The Morgan fingerprint density at radius 2 is 1.64 bits per heavy atom. The van der Waals surface area contributed by atoms with Crippen molar-refractivity contribution in [3.05, 3.63) is 35.4 Å². The predicted octanol–water partition coefficient (Wildman–Crippen LogP) is 4.23. The molecule has 4 heteroatoms. The quantitative estimate of drug-likeness (QED) is 0.532. The highest BCUT2D eigenvalue weighted by molar-refractivity contribution is 6.03. The molecule has 0 aliphatic rings.